The van der Waals surface area contributed by atoms with Crippen LogP contribution in [0.1, 0.15) is 32.1 Å². The molecule has 0 aromatic heterocycles. The van der Waals surface area contributed by atoms with Gasteiger partial charge in [-0.25, -0.2) is 8.42 Å². The van der Waals surface area contributed by atoms with Gasteiger partial charge in [0.15, 0.2) is 9.84 Å². The third-order valence-electron chi connectivity index (χ3n) is 4.58. The molecule has 0 spiro atoms. The van der Waals surface area contributed by atoms with Crippen molar-refractivity contribution in [3.8, 4) is 0 Å². The van der Waals surface area contributed by atoms with Crippen LogP contribution in [-0.4, -0.2) is 58.2 Å². The quantitative estimate of drug-likeness (QED) is 0.675. The first-order valence-corrected chi connectivity index (χ1v) is 9.98. The Bertz CT molecular complexity index is 433. The summed E-state index contributed by atoms with van der Waals surface area (Å²) in [4.78, 5) is 2.43. The Morgan fingerprint density at radius 2 is 2.00 bits per heavy atom. The van der Waals surface area contributed by atoms with Crippen molar-refractivity contribution in [2.24, 2.45) is 11.8 Å². The second-order valence-corrected chi connectivity index (χ2v) is 8.75. The highest BCUT2D eigenvalue weighted by molar-refractivity contribution is 7.91. The maximum atomic E-state index is 11.8. The molecule has 0 saturated carbocycles. The van der Waals surface area contributed by atoms with Gasteiger partial charge in [0.05, 0.1) is 18.1 Å². The Hall–Kier alpha value is -0.390. The molecule has 1 saturated heterocycles. The molecule has 122 valence electrons. The number of ether oxygens (including phenoxy) is 1. The first-order chi connectivity index (χ1) is 10.1. The zero-order valence-electron chi connectivity index (χ0n) is 13.2. The molecule has 1 heterocycles. The summed E-state index contributed by atoms with van der Waals surface area (Å²) in [6, 6.07) is 0. The van der Waals surface area contributed by atoms with Crippen molar-refractivity contribution in [1.29, 1.82) is 0 Å². The molecule has 2 rings (SSSR count). The summed E-state index contributed by atoms with van der Waals surface area (Å²) in [6.45, 7) is 3.61. The first-order valence-electron chi connectivity index (χ1n) is 8.16. The molecule has 5 heteroatoms. The molecule has 0 N–H and O–H groups in total. The molecule has 21 heavy (non-hydrogen) atoms. The van der Waals surface area contributed by atoms with Gasteiger partial charge in [0.1, 0.15) is 0 Å². The van der Waals surface area contributed by atoms with E-state index in [1.807, 2.05) is 0 Å². The van der Waals surface area contributed by atoms with Crippen molar-refractivity contribution < 1.29 is 13.2 Å². The minimum atomic E-state index is -2.80. The van der Waals surface area contributed by atoms with Gasteiger partial charge in [-0.3, -0.25) is 0 Å². The van der Waals surface area contributed by atoms with E-state index in [0.717, 1.165) is 45.5 Å². The number of sulfone groups is 1. The highest BCUT2D eigenvalue weighted by Gasteiger charge is 2.27. The van der Waals surface area contributed by atoms with Gasteiger partial charge in [0.2, 0.25) is 0 Å². The van der Waals surface area contributed by atoms with Crippen LogP contribution in [-0.2, 0) is 14.6 Å². The summed E-state index contributed by atoms with van der Waals surface area (Å²) in [5.41, 5.74) is 0. The lowest BCUT2D eigenvalue weighted by Gasteiger charge is -2.32. The molecule has 1 aliphatic heterocycles. The zero-order valence-corrected chi connectivity index (χ0v) is 14.0. The summed E-state index contributed by atoms with van der Waals surface area (Å²) in [5, 5.41) is 0. The molecule has 0 radical (unpaired) electrons. The Kier molecular flexibility index (Phi) is 6.71. The number of nitrogens with zero attached hydrogens (tertiary/aromatic N) is 1. The van der Waals surface area contributed by atoms with Crippen LogP contribution in [0.15, 0.2) is 12.2 Å². The van der Waals surface area contributed by atoms with Gasteiger partial charge in [-0.15, -0.1) is 0 Å². The monoisotopic (exact) mass is 315 g/mol. The van der Waals surface area contributed by atoms with E-state index in [0.29, 0.717) is 23.3 Å². The summed E-state index contributed by atoms with van der Waals surface area (Å²) >= 11 is 0. The molecule has 2 atom stereocenters. The van der Waals surface area contributed by atoms with Gasteiger partial charge < -0.3 is 9.64 Å². The molecule has 0 aromatic carbocycles. The largest absolute Gasteiger partial charge is 0.383 e. The topological polar surface area (TPSA) is 46.6 Å². The van der Waals surface area contributed by atoms with Gasteiger partial charge >= 0.3 is 0 Å². The Balaban J connectivity index is 1.87. The fourth-order valence-corrected chi connectivity index (χ4v) is 5.26. The summed E-state index contributed by atoms with van der Waals surface area (Å²) in [7, 11) is -1.07. The van der Waals surface area contributed by atoms with Gasteiger partial charge in [0, 0.05) is 26.7 Å². The molecule has 0 aromatic rings. The lowest BCUT2D eigenvalue weighted by atomic mass is 9.93. The van der Waals surface area contributed by atoms with Crippen molar-refractivity contribution >= 4 is 9.84 Å². The molecule has 0 amide bonds. The zero-order chi connectivity index (χ0) is 15.1. The number of rotatable bonds is 7. The maximum Gasteiger partial charge on any atom is 0.150 e. The van der Waals surface area contributed by atoms with Crippen LogP contribution in [0.25, 0.3) is 0 Å². The van der Waals surface area contributed by atoms with Gasteiger partial charge in [-0.05, 0) is 43.9 Å². The fraction of sp³-hybridized carbons (Fsp3) is 0.875. The normalized spacial score (nSPS) is 28.9. The van der Waals surface area contributed by atoms with Crippen LogP contribution < -0.4 is 0 Å². The molecule has 0 bridgehead atoms. The molecule has 2 aliphatic rings. The first kappa shape index (κ1) is 17.0. The summed E-state index contributed by atoms with van der Waals surface area (Å²) in [5.74, 6) is 1.78. The molecule has 4 nitrogen and oxygen atoms in total. The van der Waals surface area contributed by atoms with Gasteiger partial charge in [-0.1, -0.05) is 12.2 Å². The van der Waals surface area contributed by atoms with E-state index in [2.05, 4.69) is 17.1 Å². The maximum absolute atomic E-state index is 11.8. The third-order valence-corrected chi connectivity index (χ3v) is 6.47. The standard InChI is InChI=1S/C16H29NO3S/c1-20-10-9-17(12-15-6-3-2-4-7-15)13-16-8-5-11-21(18,19)14-16/h2-3,15-16H,4-14H2,1H3/t15-,16-/m1/s1. The minimum absolute atomic E-state index is 0.305. The molecule has 1 fully saturated rings. The van der Waals surface area contributed by atoms with E-state index < -0.39 is 9.84 Å². The van der Waals surface area contributed by atoms with Crippen LogP contribution >= 0.6 is 0 Å². The van der Waals surface area contributed by atoms with E-state index in [1.54, 1.807) is 7.11 Å². The van der Waals surface area contributed by atoms with E-state index in [4.69, 9.17) is 4.74 Å². The number of methoxy groups -OCH3 is 1. The van der Waals surface area contributed by atoms with Crippen LogP contribution in [0.3, 0.4) is 0 Å². The number of hydrogen-bond acceptors (Lipinski definition) is 4. The highest BCUT2D eigenvalue weighted by Crippen LogP contribution is 2.23. The van der Waals surface area contributed by atoms with Crippen LogP contribution in [0, 0.1) is 11.8 Å². The predicted octanol–water partition coefficient (Wildman–Crippen LogP) is 2.12. The average Bonchev–Trinajstić information content (AvgIpc) is 2.45. The lowest BCUT2D eigenvalue weighted by Crippen LogP contribution is -2.40. The fourth-order valence-electron chi connectivity index (χ4n) is 3.49. The van der Waals surface area contributed by atoms with Crippen molar-refractivity contribution in [2.75, 3.05) is 44.9 Å². The molecular weight excluding hydrogens is 286 g/mol. The molecule has 0 unspecified atom stereocenters. The van der Waals surface area contributed by atoms with Crippen molar-refractivity contribution in [1.82, 2.24) is 4.90 Å². The van der Waals surface area contributed by atoms with Crippen LogP contribution in [0.5, 0.6) is 0 Å². The van der Waals surface area contributed by atoms with E-state index in [-0.39, 0.29) is 0 Å². The Morgan fingerprint density at radius 1 is 1.19 bits per heavy atom. The summed E-state index contributed by atoms with van der Waals surface area (Å²) < 4.78 is 28.8. The SMILES string of the molecule is COCCN(C[C@@H]1CC=CCC1)C[C@H]1CCCS(=O)(=O)C1. The van der Waals surface area contributed by atoms with Crippen LogP contribution in [0.4, 0.5) is 0 Å². The van der Waals surface area contributed by atoms with Crippen LogP contribution in [0.2, 0.25) is 0 Å². The van der Waals surface area contributed by atoms with Crippen molar-refractivity contribution in [2.45, 2.75) is 32.1 Å². The Labute approximate surface area is 129 Å². The second-order valence-electron chi connectivity index (χ2n) is 6.53. The molecule has 1 aliphatic carbocycles. The second kappa shape index (κ2) is 8.30. The Morgan fingerprint density at radius 3 is 2.67 bits per heavy atom. The van der Waals surface area contributed by atoms with E-state index in [1.165, 1.54) is 12.8 Å². The average molecular weight is 315 g/mol. The van der Waals surface area contributed by atoms with Gasteiger partial charge in [-0.2, -0.15) is 0 Å². The third kappa shape index (κ3) is 6.09. The molecular formula is C16H29NO3S. The smallest absolute Gasteiger partial charge is 0.150 e. The highest BCUT2D eigenvalue weighted by atomic mass is 32.2. The van der Waals surface area contributed by atoms with E-state index in [9.17, 15) is 8.42 Å². The lowest BCUT2D eigenvalue weighted by molar-refractivity contribution is 0.123. The minimum Gasteiger partial charge on any atom is -0.383 e. The van der Waals surface area contributed by atoms with Crippen molar-refractivity contribution in [3.63, 3.8) is 0 Å². The van der Waals surface area contributed by atoms with Gasteiger partial charge in [0.25, 0.3) is 0 Å². The number of hydrogen-bond donors (Lipinski definition) is 0. The van der Waals surface area contributed by atoms with Crippen molar-refractivity contribution in [3.05, 3.63) is 12.2 Å². The van der Waals surface area contributed by atoms with E-state index >= 15 is 0 Å². The predicted molar refractivity (Wildman–Crippen MR) is 86.2 cm³/mol. The summed E-state index contributed by atoms with van der Waals surface area (Å²) in [6.07, 6.45) is 10.0. The number of allylic oxidation sites excluding steroid dienone is 2.